The Morgan fingerprint density at radius 3 is 2.35 bits per heavy atom. The highest BCUT2D eigenvalue weighted by Crippen LogP contribution is 2.33. The molecule has 0 aromatic heterocycles. The third kappa shape index (κ3) is 4.48. The number of anilines is 1. The van der Waals surface area contributed by atoms with E-state index in [1.54, 1.807) is 0 Å². The minimum absolute atomic E-state index is 0.123. The Hall–Kier alpha value is -2.01. The molecule has 2 aromatic carbocycles. The third-order valence-electron chi connectivity index (χ3n) is 3.51. The molecular formula is C17H15ClF3NO. The van der Waals surface area contributed by atoms with Crippen molar-refractivity contribution in [2.75, 3.05) is 5.32 Å². The van der Waals surface area contributed by atoms with Crippen molar-refractivity contribution in [1.29, 1.82) is 0 Å². The molecule has 0 atom stereocenters. The van der Waals surface area contributed by atoms with Crippen molar-refractivity contribution in [2.45, 2.75) is 26.4 Å². The van der Waals surface area contributed by atoms with Gasteiger partial charge in [0, 0.05) is 0 Å². The number of amides is 1. The first-order chi connectivity index (χ1) is 10.7. The van der Waals surface area contributed by atoms with E-state index in [1.807, 2.05) is 32.0 Å². The van der Waals surface area contributed by atoms with Gasteiger partial charge in [0.25, 0.3) is 0 Å². The lowest BCUT2D eigenvalue weighted by atomic mass is 10.0. The van der Waals surface area contributed by atoms with Crippen molar-refractivity contribution in [2.24, 2.45) is 0 Å². The Morgan fingerprint density at radius 2 is 1.78 bits per heavy atom. The van der Waals surface area contributed by atoms with Gasteiger partial charge in [0.15, 0.2) is 0 Å². The standard InChI is InChI=1S/C17H15ClF3NO/c1-10-3-4-12(7-11(10)2)8-16(23)22-15-6-5-13(9-14(15)18)17(19,20)21/h3-7,9H,8H2,1-2H3,(H,22,23). The summed E-state index contributed by atoms with van der Waals surface area (Å²) in [5.41, 5.74) is 2.33. The average molecular weight is 342 g/mol. The molecule has 0 unspecified atom stereocenters. The molecule has 1 amide bonds. The summed E-state index contributed by atoms with van der Waals surface area (Å²) in [4.78, 5) is 12.0. The van der Waals surface area contributed by atoms with Crippen LogP contribution in [0.1, 0.15) is 22.3 Å². The molecule has 0 saturated carbocycles. The number of carbonyl (C=O) groups is 1. The molecule has 122 valence electrons. The number of hydrogen-bond acceptors (Lipinski definition) is 1. The van der Waals surface area contributed by atoms with E-state index in [4.69, 9.17) is 11.6 Å². The van der Waals surface area contributed by atoms with E-state index in [0.717, 1.165) is 34.9 Å². The lowest BCUT2D eigenvalue weighted by Gasteiger charge is -2.11. The zero-order chi connectivity index (χ0) is 17.2. The van der Waals surface area contributed by atoms with Gasteiger partial charge in [-0.25, -0.2) is 0 Å². The molecule has 0 heterocycles. The van der Waals surface area contributed by atoms with Crippen molar-refractivity contribution in [3.05, 3.63) is 63.7 Å². The van der Waals surface area contributed by atoms with Crippen LogP contribution in [-0.2, 0) is 17.4 Å². The molecule has 0 aliphatic carbocycles. The number of nitrogens with one attached hydrogen (secondary N) is 1. The van der Waals surface area contributed by atoms with Gasteiger partial charge in [-0.05, 0) is 48.7 Å². The van der Waals surface area contributed by atoms with E-state index >= 15 is 0 Å². The molecule has 0 spiro atoms. The highest BCUT2D eigenvalue weighted by Gasteiger charge is 2.30. The van der Waals surface area contributed by atoms with Crippen molar-refractivity contribution in [1.82, 2.24) is 0 Å². The largest absolute Gasteiger partial charge is 0.416 e. The van der Waals surface area contributed by atoms with Crippen molar-refractivity contribution < 1.29 is 18.0 Å². The fourth-order valence-corrected chi connectivity index (χ4v) is 2.31. The maximum Gasteiger partial charge on any atom is 0.416 e. The Morgan fingerprint density at radius 1 is 1.09 bits per heavy atom. The van der Waals surface area contributed by atoms with E-state index in [-0.39, 0.29) is 23.0 Å². The van der Waals surface area contributed by atoms with Crippen LogP contribution < -0.4 is 5.32 Å². The van der Waals surface area contributed by atoms with Crippen LogP contribution in [0.5, 0.6) is 0 Å². The fraction of sp³-hybridized carbons (Fsp3) is 0.235. The van der Waals surface area contributed by atoms with Crippen LogP contribution in [0.25, 0.3) is 0 Å². The Bertz CT molecular complexity index is 741. The second-order valence-corrected chi connectivity index (χ2v) is 5.74. The third-order valence-corrected chi connectivity index (χ3v) is 3.82. The first-order valence-electron chi connectivity index (χ1n) is 6.89. The molecule has 0 aliphatic rings. The maximum absolute atomic E-state index is 12.6. The molecule has 0 radical (unpaired) electrons. The SMILES string of the molecule is Cc1ccc(CC(=O)Nc2ccc(C(F)(F)F)cc2Cl)cc1C. The molecule has 2 nitrogen and oxygen atoms in total. The lowest BCUT2D eigenvalue weighted by Crippen LogP contribution is -2.15. The summed E-state index contributed by atoms with van der Waals surface area (Å²) >= 11 is 5.81. The Labute approximate surface area is 137 Å². The van der Waals surface area contributed by atoms with Crippen molar-refractivity contribution in [3.63, 3.8) is 0 Å². The molecular weight excluding hydrogens is 327 g/mol. The van der Waals surface area contributed by atoms with Crippen LogP contribution in [0.15, 0.2) is 36.4 Å². The van der Waals surface area contributed by atoms with Gasteiger partial charge in [-0.15, -0.1) is 0 Å². The number of halogens is 4. The van der Waals surface area contributed by atoms with Gasteiger partial charge in [0.2, 0.25) is 5.91 Å². The van der Waals surface area contributed by atoms with E-state index < -0.39 is 11.7 Å². The van der Waals surface area contributed by atoms with Gasteiger partial charge in [0.1, 0.15) is 0 Å². The molecule has 2 rings (SSSR count). The normalized spacial score (nSPS) is 11.4. The van der Waals surface area contributed by atoms with Gasteiger partial charge in [-0.3, -0.25) is 4.79 Å². The number of hydrogen-bond donors (Lipinski definition) is 1. The summed E-state index contributed by atoms with van der Waals surface area (Å²) in [7, 11) is 0. The zero-order valence-electron chi connectivity index (χ0n) is 12.6. The topological polar surface area (TPSA) is 29.1 Å². The number of alkyl halides is 3. The zero-order valence-corrected chi connectivity index (χ0v) is 13.3. The molecule has 0 fully saturated rings. The van der Waals surface area contributed by atoms with Crippen LogP contribution in [0, 0.1) is 13.8 Å². The molecule has 0 bridgehead atoms. The first-order valence-corrected chi connectivity index (χ1v) is 7.27. The van der Waals surface area contributed by atoms with Crippen LogP contribution >= 0.6 is 11.6 Å². The highest BCUT2D eigenvalue weighted by molar-refractivity contribution is 6.33. The van der Waals surface area contributed by atoms with Crippen LogP contribution in [-0.4, -0.2) is 5.91 Å². The number of aryl methyl sites for hydroxylation is 2. The summed E-state index contributed by atoms with van der Waals surface area (Å²) < 4.78 is 37.7. The van der Waals surface area contributed by atoms with Crippen LogP contribution in [0.2, 0.25) is 5.02 Å². The van der Waals surface area contributed by atoms with E-state index in [9.17, 15) is 18.0 Å². The quantitative estimate of drug-likeness (QED) is 0.821. The van der Waals surface area contributed by atoms with Gasteiger partial charge in [0.05, 0.1) is 22.7 Å². The predicted molar refractivity (Wildman–Crippen MR) is 84.7 cm³/mol. The smallest absolute Gasteiger partial charge is 0.324 e. The van der Waals surface area contributed by atoms with Gasteiger partial charge < -0.3 is 5.32 Å². The summed E-state index contributed by atoms with van der Waals surface area (Å²) in [6, 6.07) is 8.51. The lowest BCUT2D eigenvalue weighted by molar-refractivity contribution is -0.137. The minimum atomic E-state index is -4.47. The fourth-order valence-electron chi connectivity index (χ4n) is 2.09. The van der Waals surface area contributed by atoms with Crippen molar-refractivity contribution in [3.8, 4) is 0 Å². The Kier molecular flexibility index (Phi) is 5.00. The van der Waals surface area contributed by atoms with Crippen LogP contribution in [0.3, 0.4) is 0 Å². The maximum atomic E-state index is 12.6. The number of rotatable bonds is 3. The van der Waals surface area contributed by atoms with Gasteiger partial charge >= 0.3 is 6.18 Å². The minimum Gasteiger partial charge on any atom is -0.324 e. The molecule has 23 heavy (non-hydrogen) atoms. The molecule has 1 N–H and O–H groups in total. The van der Waals surface area contributed by atoms with Crippen molar-refractivity contribution >= 4 is 23.2 Å². The summed E-state index contributed by atoms with van der Waals surface area (Å²) in [5.74, 6) is -0.338. The number of benzene rings is 2. The second kappa shape index (κ2) is 6.62. The van der Waals surface area contributed by atoms with Gasteiger partial charge in [-0.1, -0.05) is 29.8 Å². The monoisotopic (exact) mass is 341 g/mol. The van der Waals surface area contributed by atoms with E-state index in [1.165, 1.54) is 0 Å². The summed E-state index contributed by atoms with van der Waals surface area (Å²) in [5, 5.41) is 2.39. The first kappa shape index (κ1) is 17.3. The second-order valence-electron chi connectivity index (χ2n) is 5.34. The Balaban J connectivity index is 2.09. The summed E-state index contributed by atoms with van der Waals surface area (Å²) in [6.07, 6.45) is -4.34. The average Bonchev–Trinajstić information content (AvgIpc) is 2.44. The van der Waals surface area contributed by atoms with Crippen LogP contribution in [0.4, 0.5) is 18.9 Å². The van der Waals surface area contributed by atoms with Gasteiger partial charge in [-0.2, -0.15) is 13.2 Å². The molecule has 6 heteroatoms. The van der Waals surface area contributed by atoms with E-state index in [0.29, 0.717) is 0 Å². The van der Waals surface area contributed by atoms with E-state index in [2.05, 4.69) is 5.32 Å². The predicted octanol–water partition coefficient (Wildman–Crippen LogP) is 5.16. The molecule has 0 saturated heterocycles. The molecule has 2 aromatic rings. The molecule has 0 aliphatic heterocycles. The summed E-state index contributed by atoms with van der Waals surface area (Å²) in [6.45, 7) is 3.92. The highest BCUT2D eigenvalue weighted by atomic mass is 35.5. The number of carbonyl (C=O) groups excluding carboxylic acids is 1.